The van der Waals surface area contributed by atoms with E-state index >= 15 is 0 Å². The molecule has 0 aliphatic heterocycles. The Morgan fingerprint density at radius 1 is 1.07 bits per heavy atom. The second kappa shape index (κ2) is 8.63. The number of H-pyrrole nitrogens is 1. The van der Waals surface area contributed by atoms with Gasteiger partial charge in [0.2, 0.25) is 0 Å². The number of benzene rings is 2. The molecular formula is C22H16N4O4. The topological polar surface area (TPSA) is 142 Å². The molecule has 30 heavy (non-hydrogen) atoms. The summed E-state index contributed by atoms with van der Waals surface area (Å²) in [6, 6.07) is 16.7. The summed E-state index contributed by atoms with van der Waals surface area (Å²) in [6.45, 7) is 2.02. The predicted octanol–water partition coefficient (Wildman–Crippen LogP) is 2.99. The quantitative estimate of drug-likeness (QED) is 0.495. The van der Waals surface area contributed by atoms with Crippen molar-refractivity contribution in [1.82, 2.24) is 4.98 Å². The molecule has 3 rings (SSSR count). The Morgan fingerprint density at radius 2 is 1.77 bits per heavy atom. The van der Waals surface area contributed by atoms with Crippen LogP contribution < -0.4 is 20.8 Å². The summed E-state index contributed by atoms with van der Waals surface area (Å²) in [6.07, 6.45) is 0. The zero-order valence-corrected chi connectivity index (χ0v) is 15.9. The van der Waals surface area contributed by atoms with Gasteiger partial charge in [-0.15, -0.1) is 0 Å². The molecular weight excluding hydrogens is 384 g/mol. The van der Waals surface area contributed by atoms with E-state index < -0.39 is 11.5 Å². The van der Waals surface area contributed by atoms with Gasteiger partial charge in [0.25, 0.3) is 5.56 Å². The van der Waals surface area contributed by atoms with Gasteiger partial charge in [-0.2, -0.15) is 10.5 Å². The number of esters is 1. The molecule has 0 atom stereocenters. The van der Waals surface area contributed by atoms with Crippen LogP contribution in [-0.4, -0.2) is 17.6 Å². The summed E-state index contributed by atoms with van der Waals surface area (Å²) in [5, 5.41) is 18.9. The number of nitrogen functional groups attached to an aromatic ring is 1. The van der Waals surface area contributed by atoms with Gasteiger partial charge in [0, 0.05) is 5.56 Å². The number of rotatable bonds is 5. The van der Waals surface area contributed by atoms with Gasteiger partial charge in [0.05, 0.1) is 12.2 Å². The molecule has 3 N–H and O–H groups in total. The van der Waals surface area contributed by atoms with E-state index in [0.29, 0.717) is 11.1 Å². The average molecular weight is 400 g/mol. The van der Waals surface area contributed by atoms with Crippen LogP contribution >= 0.6 is 0 Å². The zero-order valence-electron chi connectivity index (χ0n) is 15.9. The molecule has 8 heteroatoms. The summed E-state index contributed by atoms with van der Waals surface area (Å²) in [5.74, 6) is -0.343. The van der Waals surface area contributed by atoms with Crippen molar-refractivity contribution in [2.45, 2.75) is 6.92 Å². The lowest BCUT2D eigenvalue weighted by Crippen LogP contribution is -2.16. The van der Waals surface area contributed by atoms with Crippen molar-refractivity contribution in [1.29, 1.82) is 10.5 Å². The van der Waals surface area contributed by atoms with E-state index in [2.05, 4.69) is 4.98 Å². The Hall–Kier alpha value is -4.56. The Balaban J connectivity index is 2.11. The number of nitrogens with two attached hydrogens (primary N) is 1. The molecule has 1 heterocycles. The Labute approximate surface area is 171 Å². The van der Waals surface area contributed by atoms with Gasteiger partial charge in [0.15, 0.2) is 11.5 Å². The van der Waals surface area contributed by atoms with E-state index in [0.717, 1.165) is 0 Å². The number of aromatic nitrogens is 1. The Bertz CT molecular complexity index is 1250. The van der Waals surface area contributed by atoms with Crippen LogP contribution in [-0.2, 0) is 0 Å². The highest BCUT2D eigenvalue weighted by atomic mass is 16.6. The molecule has 0 spiro atoms. The summed E-state index contributed by atoms with van der Waals surface area (Å²) >= 11 is 0. The van der Waals surface area contributed by atoms with Crippen molar-refractivity contribution in [2.24, 2.45) is 0 Å². The molecule has 0 saturated carbocycles. The number of nitrogens with one attached hydrogen (secondary N) is 1. The monoisotopic (exact) mass is 400 g/mol. The maximum Gasteiger partial charge on any atom is 0.343 e. The molecule has 0 aliphatic carbocycles. The minimum absolute atomic E-state index is 0.0392. The second-order valence-electron chi connectivity index (χ2n) is 6.07. The summed E-state index contributed by atoms with van der Waals surface area (Å²) in [5.41, 5.74) is 5.57. The zero-order chi connectivity index (χ0) is 21.7. The molecule has 8 nitrogen and oxygen atoms in total. The first-order valence-corrected chi connectivity index (χ1v) is 8.90. The average Bonchev–Trinajstić information content (AvgIpc) is 2.75. The molecule has 0 bridgehead atoms. The molecule has 0 saturated heterocycles. The highest BCUT2D eigenvalue weighted by molar-refractivity contribution is 5.91. The third kappa shape index (κ3) is 3.84. The molecule has 0 aliphatic rings. The first-order valence-electron chi connectivity index (χ1n) is 8.90. The van der Waals surface area contributed by atoms with E-state index in [1.54, 1.807) is 37.3 Å². The van der Waals surface area contributed by atoms with Crippen molar-refractivity contribution in [2.75, 3.05) is 12.3 Å². The van der Waals surface area contributed by atoms with Crippen molar-refractivity contribution < 1.29 is 14.3 Å². The number of nitriles is 2. The molecule has 0 radical (unpaired) electrons. The van der Waals surface area contributed by atoms with Crippen molar-refractivity contribution in [3.05, 3.63) is 75.6 Å². The van der Waals surface area contributed by atoms with Crippen LogP contribution in [0.3, 0.4) is 0 Å². The molecule has 0 fully saturated rings. The lowest BCUT2D eigenvalue weighted by Gasteiger charge is -2.14. The minimum atomic E-state index is -0.707. The fraction of sp³-hybridized carbons (Fsp3) is 0.0909. The molecule has 0 unspecified atom stereocenters. The largest absolute Gasteiger partial charge is 0.490 e. The fourth-order valence-corrected chi connectivity index (χ4v) is 2.88. The van der Waals surface area contributed by atoms with Crippen molar-refractivity contribution >= 4 is 11.8 Å². The number of hydrogen-bond acceptors (Lipinski definition) is 7. The smallest absolute Gasteiger partial charge is 0.343 e. The highest BCUT2D eigenvalue weighted by Gasteiger charge is 2.20. The van der Waals surface area contributed by atoms with Crippen LogP contribution in [0.4, 0.5) is 5.82 Å². The van der Waals surface area contributed by atoms with Gasteiger partial charge < -0.3 is 20.2 Å². The lowest BCUT2D eigenvalue weighted by atomic mass is 9.96. The van der Waals surface area contributed by atoms with Gasteiger partial charge in [-0.1, -0.05) is 24.3 Å². The van der Waals surface area contributed by atoms with Gasteiger partial charge in [-0.25, -0.2) is 4.79 Å². The van der Waals surface area contributed by atoms with Crippen LogP contribution in [0.15, 0.2) is 53.3 Å². The van der Waals surface area contributed by atoms with Crippen LogP contribution in [0, 0.1) is 22.7 Å². The standard InChI is InChI=1S/C22H16N4O4/c1-2-29-18-10-14(19-15(11-23)20(25)26-21(27)16(19)12-24)8-9-17(18)30-22(28)13-6-4-3-5-7-13/h3-10H,2H2,1H3,(H3,25,26,27). The maximum atomic E-state index is 12.4. The van der Waals surface area contributed by atoms with Crippen molar-refractivity contribution in [3.8, 4) is 34.8 Å². The van der Waals surface area contributed by atoms with E-state index in [9.17, 15) is 20.1 Å². The van der Waals surface area contributed by atoms with E-state index in [4.69, 9.17) is 15.2 Å². The first kappa shape index (κ1) is 20.2. The maximum absolute atomic E-state index is 12.4. The predicted molar refractivity (Wildman–Crippen MR) is 109 cm³/mol. The number of pyridine rings is 1. The van der Waals surface area contributed by atoms with Crippen molar-refractivity contribution in [3.63, 3.8) is 0 Å². The highest BCUT2D eigenvalue weighted by Crippen LogP contribution is 2.36. The molecule has 1 aromatic heterocycles. The number of hydrogen-bond donors (Lipinski definition) is 2. The third-order valence-corrected chi connectivity index (χ3v) is 4.21. The first-order chi connectivity index (χ1) is 14.5. The Kier molecular flexibility index (Phi) is 5.81. The van der Waals surface area contributed by atoms with Crippen LogP contribution in [0.2, 0.25) is 0 Å². The van der Waals surface area contributed by atoms with Crippen LogP contribution in [0.1, 0.15) is 28.4 Å². The number of anilines is 1. The number of carbonyl (C=O) groups is 1. The number of carbonyl (C=O) groups excluding carboxylic acids is 1. The molecule has 3 aromatic rings. The number of nitrogens with zero attached hydrogens (tertiary/aromatic N) is 2. The number of aromatic amines is 1. The SMILES string of the molecule is CCOc1cc(-c2c(C#N)c(N)[nH]c(=O)c2C#N)ccc1OC(=O)c1ccccc1. The normalized spacial score (nSPS) is 9.97. The number of ether oxygens (including phenoxy) is 2. The third-order valence-electron chi connectivity index (χ3n) is 4.21. The molecule has 2 aromatic carbocycles. The lowest BCUT2D eigenvalue weighted by molar-refractivity contribution is 0.0728. The minimum Gasteiger partial charge on any atom is -0.490 e. The van der Waals surface area contributed by atoms with E-state index in [-0.39, 0.29) is 40.6 Å². The molecule has 0 amide bonds. The van der Waals surface area contributed by atoms with E-state index in [1.807, 2.05) is 12.1 Å². The summed E-state index contributed by atoms with van der Waals surface area (Å²) in [7, 11) is 0. The summed E-state index contributed by atoms with van der Waals surface area (Å²) in [4.78, 5) is 26.8. The van der Waals surface area contributed by atoms with Gasteiger partial charge in [-0.3, -0.25) is 4.79 Å². The van der Waals surface area contributed by atoms with E-state index in [1.165, 1.54) is 18.2 Å². The van der Waals surface area contributed by atoms with Gasteiger partial charge in [-0.05, 0) is 36.8 Å². The molecule has 148 valence electrons. The second-order valence-corrected chi connectivity index (χ2v) is 6.07. The van der Waals surface area contributed by atoms with Crippen LogP contribution in [0.5, 0.6) is 11.5 Å². The summed E-state index contributed by atoms with van der Waals surface area (Å²) < 4.78 is 11.0. The fourth-order valence-electron chi connectivity index (χ4n) is 2.88. The van der Waals surface area contributed by atoms with Gasteiger partial charge >= 0.3 is 5.97 Å². The van der Waals surface area contributed by atoms with Crippen LogP contribution in [0.25, 0.3) is 11.1 Å². The van der Waals surface area contributed by atoms with Gasteiger partial charge in [0.1, 0.15) is 29.1 Å². The Morgan fingerprint density at radius 3 is 2.40 bits per heavy atom.